The predicted octanol–water partition coefficient (Wildman–Crippen LogP) is 2.79. The zero-order valence-electron chi connectivity index (χ0n) is 14.3. The van der Waals surface area contributed by atoms with Gasteiger partial charge >= 0.3 is 6.61 Å². The van der Waals surface area contributed by atoms with Crippen LogP contribution in [0, 0.1) is 0 Å². The fraction of sp³-hybridized carbons (Fsp3) is 0.167. The number of nitrogens with zero attached hydrogens (tertiary/aromatic N) is 4. The van der Waals surface area contributed by atoms with Gasteiger partial charge in [0.05, 0.1) is 17.4 Å². The number of para-hydroxylation sites is 1. The molecule has 138 valence electrons. The van der Waals surface area contributed by atoms with Crippen molar-refractivity contribution in [3.05, 3.63) is 64.7 Å². The zero-order chi connectivity index (χ0) is 19.0. The van der Waals surface area contributed by atoms with Gasteiger partial charge in [-0.1, -0.05) is 12.1 Å². The molecule has 0 aliphatic rings. The predicted molar refractivity (Wildman–Crippen MR) is 96.1 cm³/mol. The van der Waals surface area contributed by atoms with Crippen LogP contribution in [0.2, 0.25) is 0 Å². The molecule has 9 heteroatoms. The molecule has 0 saturated carbocycles. The molecule has 0 saturated heterocycles. The summed E-state index contributed by atoms with van der Waals surface area (Å²) in [6.45, 7) is -2.52. The molecule has 2 aromatic carbocycles. The highest BCUT2D eigenvalue weighted by Crippen LogP contribution is 2.19. The van der Waals surface area contributed by atoms with Crippen LogP contribution in [0.25, 0.3) is 16.7 Å². The van der Waals surface area contributed by atoms with E-state index in [4.69, 9.17) is 0 Å². The van der Waals surface area contributed by atoms with Crippen LogP contribution in [0.15, 0.2) is 53.3 Å². The molecule has 0 unspecified atom stereocenters. The van der Waals surface area contributed by atoms with Crippen molar-refractivity contribution in [2.75, 3.05) is 5.32 Å². The number of anilines is 1. The van der Waals surface area contributed by atoms with E-state index in [1.807, 2.05) is 16.5 Å². The lowest BCUT2D eigenvalue weighted by atomic mass is 10.2. The van der Waals surface area contributed by atoms with E-state index in [1.54, 1.807) is 31.3 Å². The number of rotatable bonds is 5. The number of halogens is 2. The number of ether oxygens (including phenoxy) is 1. The van der Waals surface area contributed by atoms with Gasteiger partial charge in [-0.3, -0.25) is 13.8 Å². The fourth-order valence-electron chi connectivity index (χ4n) is 2.94. The normalized spacial score (nSPS) is 11.4. The van der Waals surface area contributed by atoms with Crippen molar-refractivity contribution >= 4 is 22.4 Å². The van der Waals surface area contributed by atoms with Gasteiger partial charge in [-0.15, -0.1) is 10.2 Å². The molecule has 0 bridgehead atoms. The van der Waals surface area contributed by atoms with Gasteiger partial charge in [0, 0.05) is 12.7 Å². The summed E-state index contributed by atoms with van der Waals surface area (Å²) in [6.07, 6.45) is 0. The number of hydrogen-bond acceptors (Lipinski definition) is 5. The Morgan fingerprint density at radius 1 is 1.11 bits per heavy atom. The van der Waals surface area contributed by atoms with Gasteiger partial charge < -0.3 is 10.1 Å². The van der Waals surface area contributed by atoms with Crippen LogP contribution in [-0.4, -0.2) is 25.8 Å². The van der Waals surface area contributed by atoms with Gasteiger partial charge in [-0.25, -0.2) is 0 Å². The first-order chi connectivity index (χ1) is 13.0. The summed E-state index contributed by atoms with van der Waals surface area (Å²) in [5, 5.41) is 12.0. The Balaban J connectivity index is 1.66. The minimum atomic E-state index is -2.86. The third-order valence-corrected chi connectivity index (χ3v) is 4.22. The molecular weight excluding hydrogens is 356 g/mol. The molecule has 0 spiro atoms. The lowest BCUT2D eigenvalue weighted by Gasteiger charge is -2.10. The smallest absolute Gasteiger partial charge is 0.387 e. The van der Waals surface area contributed by atoms with E-state index in [9.17, 15) is 13.6 Å². The summed E-state index contributed by atoms with van der Waals surface area (Å²) in [6, 6.07) is 13.4. The summed E-state index contributed by atoms with van der Waals surface area (Å²) in [7, 11) is 1.65. The Morgan fingerprint density at radius 2 is 1.85 bits per heavy atom. The molecule has 0 amide bonds. The molecule has 4 aromatic rings. The van der Waals surface area contributed by atoms with E-state index in [1.165, 1.54) is 16.7 Å². The first kappa shape index (κ1) is 17.0. The number of nitrogens with one attached hydrogen (secondary N) is 1. The first-order valence-corrected chi connectivity index (χ1v) is 8.15. The molecule has 7 nitrogen and oxygen atoms in total. The van der Waals surface area contributed by atoms with Crippen LogP contribution in [0.5, 0.6) is 5.75 Å². The Bertz CT molecular complexity index is 1170. The van der Waals surface area contributed by atoms with Crippen LogP contribution in [-0.2, 0) is 13.6 Å². The average Bonchev–Trinajstić information content (AvgIpc) is 3.09. The second-order valence-electron chi connectivity index (χ2n) is 5.89. The zero-order valence-corrected chi connectivity index (χ0v) is 14.3. The monoisotopic (exact) mass is 371 g/mol. The highest BCUT2D eigenvalue weighted by Gasteiger charge is 2.14. The Morgan fingerprint density at radius 3 is 2.59 bits per heavy atom. The van der Waals surface area contributed by atoms with Crippen molar-refractivity contribution in [1.82, 2.24) is 19.2 Å². The summed E-state index contributed by atoms with van der Waals surface area (Å²) in [5.74, 6) is 1.14. The van der Waals surface area contributed by atoms with Crippen molar-refractivity contribution in [2.24, 2.45) is 7.05 Å². The largest absolute Gasteiger partial charge is 0.435 e. The first-order valence-electron chi connectivity index (χ1n) is 8.15. The van der Waals surface area contributed by atoms with Crippen molar-refractivity contribution in [1.29, 1.82) is 0 Å². The molecular formula is C18H15F2N5O2. The van der Waals surface area contributed by atoms with Gasteiger partial charge in [0.15, 0.2) is 5.82 Å². The number of benzene rings is 2. The third kappa shape index (κ3) is 3.07. The van der Waals surface area contributed by atoms with E-state index in [0.717, 1.165) is 5.52 Å². The molecule has 27 heavy (non-hydrogen) atoms. The van der Waals surface area contributed by atoms with Gasteiger partial charge in [0.25, 0.3) is 5.56 Å². The maximum atomic E-state index is 12.4. The molecule has 0 atom stereocenters. The van der Waals surface area contributed by atoms with Crippen molar-refractivity contribution in [3.8, 4) is 5.75 Å². The lowest BCUT2D eigenvalue weighted by Crippen LogP contribution is -2.20. The summed E-state index contributed by atoms with van der Waals surface area (Å²) in [4.78, 5) is 12.4. The number of fused-ring (bicyclic) bond motifs is 3. The highest BCUT2D eigenvalue weighted by molar-refractivity contribution is 5.80. The Labute approximate surface area is 151 Å². The molecule has 1 N–H and O–H groups in total. The quantitative estimate of drug-likeness (QED) is 0.584. The van der Waals surface area contributed by atoms with Crippen LogP contribution in [0.3, 0.4) is 0 Å². The molecule has 2 aromatic heterocycles. The van der Waals surface area contributed by atoms with Crippen molar-refractivity contribution in [3.63, 3.8) is 0 Å². The third-order valence-electron chi connectivity index (χ3n) is 4.22. The molecule has 0 radical (unpaired) electrons. The molecule has 0 fully saturated rings. The van der Waals surface area contributed by atoms with Gasteiger partial charge in [-0.2, -0.15) is 8.78 Å². The van der Waals surface area contributed by atoms with Crippen LogP contribution >= 0.6 is 0 Å². The summed E-state index contributed by atoms with van der Waals surface area (Å²) < 4.78 is 32.0. The second-order valence-corrected chi connectivity index (χ2v) is 5.89. The van der Waals surface area contributed by atoms with Crippen molar-refractivity contribution < 1.29 is 13.5 Å². The summed E-state index contributed by atoms with van der Waals surface area (Å²) in [5.41, 5.74) is 1.29. The number of aryl methyl sites for hydroxylation is 1. The second kappa shape index (κ2) is 6.67. The maximum absolute atomic E-state index is 12.4. The van der Waals surface area contributed by atoms with Gasteiger partial charge in [0.2, 0.25) is 5.78 Å². The maximum Gasteiger partial charge on any atom is 0.387 e. The van der Waals surface area contributed by atoms with Crippen LogP contribution < -0.4 is 15.6 Å². The van der Waals surface area contributed by atoms with E-state index >= 15 is 0 Å². The Hall–Kier alpha value is -3.49. The number of aromatic nitrogens is 4. The minimum Gasteiger partial charge on any atom is -0.435 e. The van der Waals surface area contributed by atoms with E-state index < -0.39 is 6.61 Å². The van der Waals surface area contributed by atoms with Crippen LogP contribution in [0.1, 0.15) is 5.82 Å². The molecule has 4 rings (SSSR count). The number of hydrogen-bond donors (Lipinski definition) is 1. The summed E-state index contributed by atoms with van der Waals surface area (Å²) >= 11 is 0. The van der Waals surface area contributed by atoms with E-state index in [-0.39, 0.29) is 11.3 Å². The topological polar surface area (TPSA) is 73.5 Å². The SMILES string of the molecule is Cn1c(=O)c2ccccc2n2c(CNc3ccc(OC(F)F)cc3)nnc12. The fourth-order valence-corrected chi connectivity index (χ4v) is 2.94. The van der Waals surface area contributed by atoms with E-state index in [2.05, 4.69) is 20.3 Å². The lowest BCUT2D eigenvalue weighted by molar-refractivity contribution is -0.0498. The molecule has 0 aliphatic carbocycles. The van der Waals surface area contributed by atoms with Crippen molar-refractivity contribution in [2.45, 2.75) is 13.2 Å². The molecule has 0 aliphatic heterocycles. The standard InChI is InChI=1S/C18H15F2N5O2/c1-24-16(26)13-4-2-3-5-14(13)25-15(22-23-18(24)25)10-21-11-6-8-12(9-7-11)27-17(19)20/h2-9,17,21H,10H2,1H3. The average molecular weight is 371 g/mol. The van der Waals surface area contributed by atoms with E-state index in [0.29, 0.717) is 29.2 Å². The highest BCUT2D eigenvalue weighted by atomic mass is 19.3. The van der Waals surface area contributed by atoms with Gasteiger partial charge in [0.1, 0.15) is 5.75 Å². The van der Waals surface area contributed by atoms with Gasteiger partial charge in [-0.05, 0) is 36.4 Å². The molecule has 2 heterocycles. The van der Waals surface area contributed by atoms with Crippen LogP contribution in [0.4, 0.5) is 14.5 Å². The number of alkyl halides is 2. The minimum absolute atomic E-state index is 0.0875. The Kier molecular flexibility index (Phi) is 4.19.